The second kappa shape index (κ2) is 6.65. The van der Waals surface area contributed by atoms with Crippen LogP contribution in [0.2, 0.25) is 0 Å². The Bertz CT molecular complexity index is 519. The number of hydrogen-bond donors (Lipinski definition) is 1. The minimum absolute atomic E-state index is 0.260. The number of carbonyl (C=O) groups excluding carboxylic acids is 2. The monoisotopic (exact) mass is 308 g/mol. The molecule has 1 N–H and O–H groups in total. The first kappa shape index (κ1) is 16.7. The van der Waals surface area contributed by atoms with Crippen LogP contribution >= 0.6 is 0 Å². The zero-order valence-electron chi connectivity index (χ0n) is 13.5. The molecule has 22 heavy (non-hydrogen) atoms. The van der Waals surface area contributed by atoms with Crippen LogP contribution in [0, 0.1) is 11.8 Å². The lowest BCUT2D eigenvalue weighted by Gasteiger charge is -2.26. The highest BCUT2D eigenvalue weighted by Crippen LogP contribution is 2.36. The van der Waals surface area contributed by atoms with E-state index < -0.39 is 6.10 Å². The molecule has 5 nitrogen and oxygen atoms in total. The summed E-state index contributed by atoms with van der Waals surface area (Å²) in [7, 11) is 0. The van der Waals surface area contributed by atoms with Crippen LogP contribution < -0.4 is 0 Å². The van der Waals surface area contributed by atoms with Crippen LogP contribution in [0.4, 0.5) is 0 Å². The predicted octanol–water partition coefficient (Wildman–Crippen LogP) is 2.14. The Kier molecular flexibility index (Phi) is 5.06. The number of carbonyl (C=O) groups is 2. The SMILES string of the molecule is CC(=O)O[C@H]1C/C=C(\C)C[C@@H]2OC(=O)[C@H](C)[C@H]2[C@H](O)/C=C/1C. The topological polar surface area (TPSA) is 72.8 Å². The van der Waals surface area contributed by atoms with Crippen molar-refractivity contribution < 1.29 is 24.2 Å². The van der Waals surface area contributed by atoms with E-state index in [1.165, 1.54) is 6.92 Å². The van der Waals surface area contributed by atoms with Crippen LogP contribution in [0.15, 0.2) is 23.3 Å². The molecule has 1 saturated heterocycles. The zero-order chi connectivity index (χ0) is 16.4. The van der Waals surface area contributed by atoms with Crippen molar-refractivity contribution in [3.8, 4) is 0 Å². The molecule has 0 bridgehead atoms. The summed E-state index contributed by atoms with van der Waals surface area (Å²) in [5.41, 5.74) is 1.86. The molecule has 0 unspecified atom stereocenters. The van der Waals surface area contributed by atoms with Crippen LogP contribution in [-0.4, -0.2) is 35.4 Å². The van der Waals surface area contributed by atoms with Crippen molar-refractivity contribution in [3.63, 3.8) is 0 Å². The van der Waals surface area contributed by atoms with E-state index in [0.717, 1.165) is 11.1 Å². The van der Waals surface area contributed by atoms with Gasteiger partial charge >= 0.3 is 11.9 Å². The van der Waals surface area contributed by atoms with Gasteiger partial charge in [0.2, 0.25) is 0 Å². The molecule has 1 heterocycles. The quantitative estimate of drug-likeness (QED) is 0.593. The summed E-state index contributed by atoms with van der Waals surface area (Å²) < 4.78 is 10.8. The lowest BCUT2D eigenvalue weighted by atomic mass is 9.82. The number of hydrogen-bond acceptors (Lipinski definition) is 5. The molecule has 5 atom stereocenters. The molecule has 0 radical (unpaired) electrons. The fourth-order valence-electron chi connectivity index (χ4n) is 3.23. The average molecular weight is 308 g/mol. The first-order chi connectivity index (χ1) is 10.3. The molecule has 0 aromatic heterocycles. The normalized spacial score (nSPS) is 40.6. The van der Waals surface area contributed by atoms with Gasteiger partial charge in [-0.1, -0.05) is 24.6 Å². The molecule has 2 rings (SSSR count). The highest BCUT2D eigenvalue weighted by Gasteiger charge is 2.45. The Hall–Kier alpha value is -1.62. The summed E-state index contributed by atoms with van der Waals surface area (Å²) in [5, 5.41) is 10.5. The van der Waals surface area contributed by atoms with Crippen LogP contribution in [0.1, 0.15) is 40.5 Å². The second-order valence-electron chi connectivity index (χ2n) is 6.33. The van der Waals surface area contributed by atoms with Crippen LogP contribution in [0.3, 0.4) is 0 Å². The minimum atomic E-state index is -0.796. The summed E-state index contributed by atoms with van der Waals surface area (Å²) in [6.07, 6.45) is 3.37. The number of aliphatic hydroxyl groups is 1. The molecule has 0 saturated carbocycles. The Morgan fingerprint density at radius 3 is 2.73 bits per heavy atom. The van der Waals surface area contributed by atoms with Gasteiger partial charge in [-0.25, -0.2) is 0 Å². The third kappa shape index (κ3) is 3.58. The van der Waals surface area contributed by atoms with E-state index in [0.29, 0.717) is 12.8 Å². The third-order valence-corrected chi connectivity index (χ3v) is 4.49. The summed E-state index contributed by atoms with van der Waals surface area (Å²) in [6.45, 7) is 6.96. The van der Waals surface area contributed by atoms with E-state index in [9.17, 15) is 14.7 Å². The first-order valence-corrected chi connectivity index (χ1v) is 7.69. The van der Waals surface area contributed by atoms with Crippen molar-refractivity contribution in [3.05, 3.63) is 23.3 Å². The summed E-state index contributed by atoms with van der Waals surface area (Å²) >= 11 is 0. The number of esters is 2. The first-order valence-electron chi connectivity index (χ1n) is 7.69. The van der Waals surface area contributed by atoms with Gasteiger partial charge in [0.1, 0.15) is 12.2 Å². The van der Waals surface area contributed by atoms with Crippen molar-refractivity contribution in [2.75, 3.05) is 0 Å². The Labute approximate surface area is 131 Å². The molecule has 122 valence electrons. The standard InChI is InChI=1S/C17H24O5/c1-9-5-6-14(21-12(4)18)10(2)8-13(19)16-11(3)17(20)22-15(16)7-9/h5,8,11,13-16,19H,6-7H2,1-4H3/b9-5+,10-8+/t11-,13-,14+,15+,16+/m1/s1. The van der Waals surface area contributed by atoms with E-state index in [4.69, 9.17) is 9.47 Å². The molecule has 1 aliphatic carbocycles. The molecule has 0 spiro atoms. The van der Waals surface area contributed by atoms with Gasteiger partial charge in [0.15, 0.2) is 0 Å². The van der Waals surface area contributed by atoms with Crippen molar-refractivity contribution in [2.45, 2.75) is 58.8 Å². The molecular formula is C17H24O5. The van der Waals surface area contributed by atoms with Gasteiger partial charge in [-0.3, -0.25) is 9.59 Å². The smallest absolute Gasteiger partial charge is 0.309 e. The van der Waals surface area contributed by atoms with Crippen molar-refractivity contribution in [2.24, 2.45) is 11.8 Å². The van der Waals surface area contributed by atoms with E-state index in [1.54, 1.807) is 13.0 Å². The third-order valence-electron chi connectivity index (χ3n) is 4.49. The lowest BCUT2D eigenvalue weighted by Crippen LogP contribution is -2.32. The fraction of sp³-hybridized carbons (Fsp3) is 0.647. The minimum Gasteiger partial charge on any atom is -0.461 e. The van der Waals surface area contributed by atoms with Crippen molar-refractivity contribution in [1.29, 1.82) is 0 Å². The van der Waals surface area contributed by atoms with Gasteiger partial charge < -0.3 is 14.6 Å². The summed E-state index contributed by atoms with van der Waals surface area (Å²) in [5.74, 6) is -1.23. The number of rotatable bonds is 1. The molecule has 0 amide bonds. The second-order valence-corrected chi connectivity index (χ2v) is 6.33. The van der Waals surface area contributed by atoms with Gasteiger partial charge in [0, 0.05) is 25.7 Å². The number of fused-ring (bicyclic) bond motifs is 1. The van der Waals surface area contributed by atoms with Crippen LogP contribution in [0.5, 0.6) is 0 Å². The zero-order valence-corrected chi connectivity index (χ0v) is 13.5. The molecule has 0 aromatic rings. The van der Waals surface area contributed by atoms with E-state index >= 15 is 0 Å². The van der Waals surface area contributed by atoms with E-state index in [-0.39, 0.29) is 36.0 Å². The predicted molar refractivity (Wildman–Crippen MR) is 80.8 cm³/mol. The van der Waals surface area contributed by atoms with Gasteiger partial charge in [-0.15, -0.1) is 0 Å². The average Bonchev–Trinajstić information content (AvgIpc) is 2.68. The van der Waals surface area contributed by atoms with Crippen molar-refractivity contribution >= 4 is 11.9 Å². The Morgan fingerprint density at radius 2 is 2.09 bits per heavy atom. The summed E-state index contributed by atoms with van der Waals surface area (Å²) in [4.78, 5) is 23.1. The fourth-order valence-corrected chi connectivity index (χ4v) is 3.23. The maximum absolute atomic E-state index is 11.8. The molecule has 1 fully saturated rings. The molecule has 2 aliphatic rings. The highest BCUT2D eigenvalue weighted by atomic mass is 16.6. The van der Waals surface area contributed by atoms with Gasteiger partial charge in [-0.05, 0) is 19.4 Å². The number of ether oxygens (including phenoxy) is 2. The maximum atomic E-state index is 11.8. The van der Waals surface area contributed by atoms with E-state index in [1.807, 2.05) is 19.9 Å². The molecular weight excluding hydrogens is 284 g/mol. The van der Waals surface area contributed by atoms with Gasteiger partial charge in [0.25, 0.3) is 0 Å². The Morgan fingerprint density at radius 1 is 1.41 bits per heavy atom. The van der Waals surface area contributed by atoms with E-state index in [2.05, 4.69) is 0 Å². The van der Waals surface area contributed by atoms with Gasteiger partial charge in [0.05, 0.1) is 12.0 Å². The summed E-state index contributed by atoms with van der Waals surface area (Å²) in [6, 6.07) is 0. The van der Waals surface area contributed by atoms with Crippen LogP contribution in [-0.2, 0) is 19.1 Å². The molecule has 1 aliphatic heterocycles. The maximum Gasteiger partial charge on any atom is 0.309 e. The molecule has 5 heteroatoms. The number of aliphatic hydroxyl groups excluding tert-OH is 1. The van der Waals surface area contributed by atoms with Gasteiger partial charge in [-0.2, -0.15) is 0 Å². The Balaban J connectivity index is 2.33. The molecule has 0 aromatic carbocycles. The van der Waals surface area contributed by atoms with Crippen molar-refractivity contribution in [1.82, 2.24) is 0 Å². The largest absolute Gasteiger partial charge is 0.461 e. The highest BCUT2D eigenvalue weighted by molar-refractivity contribution is 5.75. The lowest BCUT2D eigenvalue weighted by molar-refractivity contribution is -0.145. The van der Waals surface area contributed by atoms with Crippen LogP contribution in [0.25, 0.3) is 0 Å².